The molecule has 0 amide bonds. The molecule has 0 bridgehead atoms. The summed E-state index contributed by atoms with van der Waals surface area (Å²) in [6.07, 6.45) is -9.36. The smallest absolute Gasteiger partial charge is 0.422 e. The molecule has 0 unspecified atom stereocenters. The summed E-state index contributed by atoms with van der Waals surface area (Å²) in [6, 6.07) is 4.75. The Morgan fingerprint density at radius 1 is 0.808 bits per heavy atom. The van der Waals surface area contributed by atoms with E-state index in [0.717, 1.165) is 4.47 Å². The maximum absolute atomic E-state index is 12.2. The van der Waals surface area contributed by atoms with E-state index in [-0.39, 0.29) is 5.95 Å². The second-order valence-electron chi connectivity index (χ2n) is 4.66. The van der Waals surface area contributed by atoms with E-state index in [2.05, 4.69) is 45.7 Å². The van der Waals surface area contributed by atoms with Gasteiger partial charge in [0.25, 0.3) is 0 Å². The van der Waals surface area contributed by atoms with Crippen LogP contribution in [0.4, 0.5) is 38.0 Å². The molecule has 1 N–H and O–H groups in total. The second kappa shape index (κ2) is 7.93. The summed E-state index contributed by atoms with van der Waals surface area (Å²) in [5.74, 6) is -0.350. The first-order valence-electron chi connectivity index (χ1n) is 6.68. The van der Waals surface area contributed by atoms with Crippen LogP contribution in [0.3, 0.4) is 0 Å². The maximum atomic E-state index is 12.2. The van der Waals surface area contributed by atoms with Gasteiger partial charge in [0.15, 0.2) is 13.2 Å². The maximum Gasteiger partial charge on any atom is 0.422 e. The van der Waals surface area contributed by atoms with Gasteiger partial charge in [-0.2, -0.15) is 36.3 Å². The van der Waals surface area contributed by atoms with Gasteiger partial charge < -0.3 is 14.8 Å². The zero-order chi connectivity index (χ0) is 19.4. The largest absolute Gasteiger partial charge is 0.454 e. The van der Waals surface area contributed by atoms with E-state index in [1.54, 1.807) is 24.3 Å². The Labute approximate surface area is 150 Å². The lowest BCUT2D eigenvalue weighted by molar-refractivity contribution is -0.156. The summed E-state index contributed by atoms with van der Waals surface area (Å²) in [6.45, 7) is -3.46. The lowest BCUT2D eigenvalue weighted by Gasteiger charge is -2.12. The average molecular weight is 447 g/mol. The Bertz CT molecular complexity index is 703. The molecule has 0 fully saturated rings. The number of nitrogens with one attached hydrogen (secondary N) is 1. The second-order valence-corrected chi connectivity index (χ2v) is 5.58. The highest BCUT2D eigenvalue weighted by Gasteiger charge is 2.31. The van der Waals surface area contributed by atoms with Crippen molar-refractivity contribution in [2.75, 3.05) is 18.5 Å². The molecule has 0 aliphatic rings. The van der Waals surface area contributed by atoms with Crippen molar-refractivity contribution in [2.24, 2.45) is 0 Å². The monoisotopic (exact) mass is 446 g/mol. The number of anilines is 2. The summed E-state index contributed by atoms with van der Waals surface area (Å²) in [5.41, 5.74) is 0.419. The van der Waals surface area contributed by atoms with Crippen LogP contribution in [0.2, 0.25) is 0 Å². The van der Waals surface area contributed by atoms with E-state index < -0.39 is 37.6 Å². The van der Waals surface area contributed by atoms with Gasteiger partial charge in [0.05, 0.1) is 0 Å². The highest BCUT2D eigenvalue weighted by atomic mass is 79.9. The van der Waals surface area contributed by atoms with Crippen LogP contribution in [0.15, 0.2) is 28.7 Å². The lowest BCUT2D eigenvalue weighted by atomic mass is 10.3. The predicted octanol–water partition coefficient (Wildman–Crippen LogP) is 4.26. The Morgan fingerprint density at radius 3 is 1.69 bits per heavy atom. The molecule has 13 heteroatoms. The van der Waals surface area contributed by atoms with E-state index in [4.69, 9.17) is 0 Å². The number of halogens is 7. The molecule has 0 saturated carbocycles. The SMILES string of the molecule is FC(F)(F)COc1nc(Nc2ccc(Br)cc2)nc(OCC(F)(F)F)n1. The van der Waals surface area contributed by atoms with Gasteiger partial charge in [-0.1, -0.05) is 15.9 Å². The van der Waals surface area contributed by atoms with E-state index in [9.17, 15) is 26.3 Å². The molecule has 26 heavy (non-hydrogen) atoms. The number of benzene rings is 1. The highest BCUT2D eigenvalue weighted by Crippen LogP contribution is 2.23. The van der Waals surface area contributed by atoms with Gasteiger partial charge in [-0.05, 0) is 24.3 Å². The number of hydrogen-bond donors (Lipinski definition) is 1. The van der Waals surface area contributed by atoms with Crippen LogP contribution < -0.4 is 14.8 Å². The molecular formula is C13H9BrF6N4O2. The molecule has 0 saturated heterocycles. The molecule has 142 valence electrons. The fourth-order valence-corrected chi connectivity index (χ4v) is 1.74. The minimum atomic E-state index is -4.68. The van der Waals surface area contributed by atoms with Crippen LogP contribution in [0, 0.1) is 0 Å². The number of alkyl halides is 6. The van der Waals surface area contributed by atoms with E-state index in [0.29, 0.717) is 5.69 Å². The van der Waals surface area contributed by atoms with Gasteiger partial charge in [-0.3, -0.25) is 0 Å². The van der Waals surface area contributed by atoms with Gasteiger partial charge in [0.2, 0.25) is 5.95 Å². The van der Waals surface area contributed by atoms with Gasteiger partial charge in [0.1, 0.15) is 0 Å². The number of nitrogens with zero attached hydrogens (tertiary/aromatic N) is 3. The molecule has 0 spiro atoms. The van der Waals surface area contributed by atoms with E-state index in [1.165, 1.54) is 0 Å². The minimum Gasteiger partial charge on any atom is -0.454 e. The summed E-state index contributed by atoms with van der Waals surface area (Å²) in [5, 5.41) is 2.60. The third-order valence-corrected chi connectivity index (χ3v) is 2.95. The van der Waals surface area contributed by atoms with Crippen LogP contribution >= 0.6 is 15.9 Å². The Hall–Kier alpha value is -2.31. The molecule has 0 aliphatic heterocycles. The van der Waals surface area contributed by atoms with E-state index >= 15 is 0 Å². The summed E-state index contributed by atoms with van der Waals surface area (Å²) in [7, 11) is 0. The number of ether oxygens (including phenoxy) is 2. The van der Waals surface area contributed by atoms with Crippen LogP contribution in [-0.2, 0) is 0 Å². The van der Waals surface area contributed by atoms with Gasteiger partial charge in [-0.15, -0.1) is 4.98 Å². The van der Waals surface area contributed by atoms with Crippen LogP contribution in [0.1, 0.15) is 0 Å². The van der Waals surface area contributed by atoms with Gasteiger partial charge in [0, 0.05) is 10.2 Å². The van der Waals surface area contributed by atoms with Crippen molar-refractivity contribution in [1.82, 2.24) is 15.0 Å². The Balaban J connectivity index is 2.22. The first-order chi connectivity index (χ1) is 12.0. The van der Waals surface area contributed by atoms with Crippen molar-refractivity contribution in [1.29, 1.82) is 0 Å². The lowest BCUT2D eigenvalue weighted by Crippen LogP contribution is -2.22. The first-order valence-corrected chi connectivity index (χ1v) is 7.47. The Kier molecular flexibility index (Phi) is 6.10. The van der Waals surface area contributed by atoms with Crippen molar-refractivity contribution in [3.05, 3.63) is 28.7 Å². The third-order valence-electron chi connectivity index (χ3n) is 2.42. The molecule has 0 aliphatic carbocycles. The topological polar surface area (TPSA) is 69.2 Å². The normalized spacial score (nSPS) is 12.0. The number of hydrogen-bond acceptors (Lipinski definition) is 6. The minimum absolute atomic E-state index is 0.350. The highest BCUT2D eigenvalue weighted by molar-refractivity contribution is 9.10. The molecule has 2 rings (SSSR count). The van der Waals surface area contributed by atoms with Crippen molar-refractivity contribution in [3.8, 4) is 12.0 Å². The van der Waals surface area contributed by atoms with Crippen molar-refractivity contribution in [3.63, 3.8) is 0 Å². The van der Waals surface area contributed by atoms with Crippen LogP contribution in [-0.4, -0.2) is 40.5 Å². The summed E-state index contributed by atoms with van der Waals surface area (Å²) >= 11 is 3.21. The number of rotatable bonds is 6. The van der Waals surface area contributed by atoms with Crippen LogP contribution in [0.5, 0.6) is 12.0 Å². The molecule has 1 aromatic carbocycles. The molecule has 1 aromatic heterocycles. The summed E-state index contributed by atoms with van der Waals surface area (Å²) < 4.78 is 82.9. The molecule has 0 radical (unpaired) electrons. The third kappa shape index (κ3) is 7.29. The first kappa shape index (κ1) is 20.0. The zero-order valence-electron chi connectivity index (χ0n) is 12.5. The van der Waals surface area contributed by atoms with Crippen molar-refractivity contribution >= 4 is 27.6 Å². The van der Waals surface area contributed by atoms with Crippen LogP contribution in [0.25, 0.3) is 0 Å². The number of aromatic nitrogens is 3. The Morgan fingerprint density at radius 2 is 1.27 bits per heavy atom. The summed E-state index contributed by atoms with van der Waals surface area (Å²) in [4.78, 5) is 10.4. The average Bonchev–Trinajstić information content (AvgIpc) is 2.52. The van der Waals surface area contributed by atoms with Crippen molar-refractivity contribution in [2.45, 2.75) is 12.4 Å². The molecule has 1 heterocycles. The fourth-order valence-electron chi connectivity index (χ4n) is 1.48. The predicted molar refractivity (Wildman–Crippen MR) is 80.4 cm³/mol. The fraction of sp³-hybridized carbons (Fsp3) is 0.308. The van der Waals surface area contributed by atoms with Crippen molar-refractivity contribution < 1.29 is 35.8 Å². The van der Waals surface area contributed by atoms with Gasteiger partial charge in [-0.25, -0.2) is 0 Å². The molecule has 0 atom stereocenters. The quantitative estimate of drug-likeness (QED) is 0.668. The molecular weight excluding hydrogens is 438 g/mol. The molecule has 6 nitrogen and oxygen atoms in total. The molecule has 2 aromatic rings. The standard InChI is InChI=1S/C13H9BrF6N4O2/c14-7-1-3-8(4-2-7)21-9-22-10(25-5-12(15,16)17)24-11(23-9)26-6-13(18,19)20/h1-4H,5-6H2,(H,21,22,23,24). The van der Waals surface area contributed by atoms with Gasteiger partial charge >= 0.3 is 24.4 Å². The zero-order valence-corrected chi connectivity index (χ0v) is 14.1. The van der Waals surface area contributed by atoms with E-state index in [1.807, 2.05) is 0 Å².